The van der Waals surface area contributed by atoms with Crippen LogP contribution < -0.4 is 22.8 Å². The lowest BCUT2D eigenvalue weighted by atomic mass is 10.1. The van der Waals surface area contributed by atoms with E-state index in [0.717, 1.165) is 98.8 Å². The lowest BCUT2D eigenvalue weighted by molar-refractivity contribution is -0.649. The van der Waals surface area contributed by atoms with Gasteiger partial charge in [-0.3, -0.25) is 24.9 Å². The Bertz CT molecular complexity index is 7230. The number of benzene rings is 1. The van der Waals surface area contributed by atoms with Crippen LogP contribution in [-0.4, -0.2) is 86.5 Å². The molecule has 0 saturated heterocycles. The van der Waals surface area contributed by atoms with E-state index in [4.69, 9.17) is 8.53 Å². The molecule has 0 radical (unpaired) electrons. The first-order valence-corrected chi connectivity index (χ1v) is 34.4. The normalized spacial score (nSPS) is 13.5. The molecule has 26 rings (SSSR count). The smallest absolute Gasteiger partial charge is 0.384 e. The Kier molecular flexibility index (Phi) is 11.5. The van der Waals surface area contributed by atoms with Crippen molar-refractivity contribution in [2.75, 3.05) is 0 Å². The van der Waals surface area contributed by atoms with Crippen LogP contribution in [0.2, 0.25) is 0 Å². The van der Waals surface area contributed by atoms with Crippen molar-refractivity contribution in [1.82, 2.24) is 86.5 Å². The summed E-state index contributed by atoms with van der Waals surface area (Å²) in [4.78, 5) is 25.7. The largest absolute Gasteiger partial charge is 0.395 e. The van der Waals surface area contributed by atoms with Gasteiger partial charge in [0.25, 0.3) is 33.5 Å². The molecular formula is C78H56N23OS+5. The molecular weight excluding hydrogens is 1310 g/mol. The zero-order chi connectivity index (χ0) is 70.2. The van der Waals surface area contributed by atoms with Crippen molar-refractivity contribution in [3.05, 3.63) is 273 Å². The Hall–Kier alpha value is -13.8. The molecule has 5 aliphatic rings. The predicted molar refractivity (Wildman–Crippen MR) is 384 cm³/mol. The van der Waals surface area contributed by atoms with Crippen molar-refractivity contribution in [2.24, 2.45) is 14.0 Å². The number of imidazole rings is 3. The molecule has 0 bridgehead atoms. The Morgan fingerprint density at radius 1 is 0.437 bits per heavy atom. The minimum Gasteiger partial charge on any atom is -0.395 e. The molecule has 0 aliphatic carbocycles. The fourth-order valence-corrected chi connectivity index (χ4v) is 17.3. The lowest BCUT2D eigenvalue weighted by Crippen LogP contribution is -2.31. The summed E-state index contributed by atoms with van der Waals surface area (Å²) in [6.07, 6.45) is 39.9. The minimum absolute atomic E-state index is 0.643. The summed E-state index contributed by atoms with van der Waals surface area (Å²) in [6.45, 7) is 1.87. The van der Waals surface area contributed by atoms with Gasteiger partial charge in [0, 0.05) is 133 Å². The molecule has 490 valence electrons. The van der Waals surface area contributed by atoms with Gasteiger partial charge in [0.1, 0.15) is 63.8 Å². The summed E-state index contributed by atoms with van der Waals surface area (Å²) < 4.78 is 58.3. The number of nitrogens with zero attached hydrogens (tertiary/aromatic N) is 23. The monoisotopic (exact) mass is 1370 g/mol. The molecule has 0 N–H and O–H groups in total. The van der Waals surface area contributed by atoms with Crippen LogP contribution in [0, 0.1) is 0 Å². The van der Waals surface area contributed by atoms with Crippen LogP contribution in [0.15, 0.2) is 250 Å². The molecule has 1 aromatic carbocycles. The van der Waals surface area contributed by atoms with Crippen molar-refractivity contribution in [3.8, 4) is 61.9 Å². The van der Waals surface area contributed by atoms with Crippen molar-refractivity contribution in [2.45, 2.75) is 32.7 Å². The Morgan fingerprint density at radius 2 is 0.961 bits per heavy atom. The van der Waals surface area contributed by atoms with E-state index in [-0.39, 0.29) is 0 Å². The van der Waals surface area contributed by atoms with Gasteiger partial charge in [-0.05, 0) is 97.1 Å². The Balaban J connectivity index is 0.0000000830. The zero-order valence-electron chi connectivity index (χ0n) is 57.7. The molecule has 0 saturated carbocycles. The van der Waals surface area contributed by atoms with Crippen LogP contribution >= 0.6 is 11.3 Å². The van der Waals surface area contributed by atoms with Gasteiger partial charge in [0.05, 0.1) is 59.0 Å². The van der Waals surface area contributed by atoms with E-state index >= 15 is 0 Å². The molecule has 0 unspecified atom stereocenters. The third kappa shape index (κ3) is 8.35. The Labute approximate surface area is 590 Å². The standard InChI is InChI=1S/C20H14N5.2C15H12N5.C14H9N4O.C14H9N4S/c1-2-5-15(6-3-1)25-19-17-7-4-9-22-24(17)13-18(19)23-12-14-8-10-21-11-16(14)20(23)25;2*1-18-14-12-3-2-5-17-20(12)9-13(14)19-8-10-4-6-16-7-11(10)15(18)19;1-2-11-13-12(8-18(11)16-4-1)17-7-9-3-5-15-6-10(9)14(17)19-13;1-3-16-13-12-11(8-17(13)5-1)19-14-10-6-15-4-2-9(10)7-18(12)14/h1-11,13H,12H2;2*2-7,9H,8H2,1H3;2*1-6,8H,7H2/q5*+1/i;1D3;;;. The maximum absolute atomic E-state index is 8.03. The number of pyridine rings is 5. The minimum atomic E-state index is -2.28. The number of hydrogen-bond acceptors (Lipinski definition) is 12. The summed E-state index contributed by atoms with van der Waals surface area (Å²) in [5.41, 5.74) is 27.7. The number of aromatic nitrogens is 23. The number of hydrogen-bond donors (Lipinski definition) is 0. The highest BCUT2D eigenvalue weighted by atomic mass is 32.1. The van der Waals surface area contributed by atoms with Crippen molar-refractivity contribution in [1.29, 1.82) is 0 Å². The molecule has 25 heterocycles. The highest BCUT2D eigenvalue weighted by Crippen LogP contribution is 2.40. The predicted octanol–water partition coefficient (Wildman–Crippen LogP) is 10.1. The van der Waals surface area contributed by atoms with E-state index in [2.05, 4.69) is 162 Å². The van der Waals surface area contributed by atoms with Crippen molar-refractivity contribution >= 4 is 93.5 Å². The van der Waals surface area contributed by atoms with Crippen LogP contribution in [0.1, 0.15) is 31.9 Å². The highest BCUT2D eigenvalue weighted by Gasteiger charge is 2.41. The number of aryl methyl sites for hydroxylation is 2. The first kappa shape index (κ1) is 54.1. The quantitative estimate of drug-likeness (QED) is 0.142. The second-order valence-corrected chi connectivity index (χ2v) is 27.0. The number of oxazole rings is 1. The van der Waals surface area contributed by atoms with Crippen molar-refractivity contribution in [3.63, 3.8) is 0 Å². The van der Waals surface area contributed by atoms with Crippen LogP contribution in [0.5, 0.6) is 0 Å². The maximum Gasteiger partial charge on any atom is 0.384 e. The first-order chi connectivity index (χ1) is 52.1. The summed E-state index contributed by atoms with van der Waals surface area (Å²) in [6, 6.07) is 38.6. The number of thiazole rings is 1. The second-order valence-electron chi connectivity index (χ2n) is 26.0. The fourth-order valence-electron chi connectivity index (χ4n) is 16.0. The third-order valence-corrected chi connectivity index (χ3v) is 21.7. The van der Waals surface area contributed by atoms with Gasteiger partial charge in [0.2, 0.25) is 27.8 Å². The van der Waals surface area contributed by atoms with E-state index < -0.39 is 6.98 Å². The van der Waals surface area contributed by atoms with E-state index in [9.17, 15) is 0 Å². The van der Waals surface area contributed by atoms with Crippen LogP contribution in [0.4, 0.5) is 0 Å². The number of rotatable bonds is 1. The lowest BCUT2D eigenvalue weighted by Gasteiger charge is -2.02. The SMILES string of the molecule is C[n+]1c2n(c3cn4ncccc4c31)Cc1ccncc1-2.[2H]C([2H])([2H])[n+]1c2n(c3cn4ncccc4c31)Cc1ccncc1-2.c1ccc(-n2c3[n+](c4cn5ncccc5c42)Cc2ccncc2-3)cc1.c1cnc2c3c(cn2c1)sc1[n+]3Cc2ccncc2-1.c1cnn2cc3c(oc4[n+]3Cc3ccncc3-4)c2c1. The molecule has 0 atom stereocenters. The van der Waals surface area contributed by atoms with Crippen LogP contribution in [-0.2, 0) is 46.7 Å². The van der Waals surface area contributed by atoms with Gasteiger partial charge in [-0.1, -0.05) is 29.5 Å². The van der Waals surface area contributed by atoms with E-state index in [0.29, 0.717) is 17.9 Å². The van der Waals surface area contributed by atoms with Gasteiger partial charge in [-0.25, -0.2) is 45.9 Å². The van der Waals surface area contributed by atoms with E-state index in [1.807, 2.05) is 177 Å². The van der Waals surface area contributed by atoms with Gasteiger partial charge in [0.15, 0.2) is 29.6 Å². The zero-order valence-corrected chi connectivity index (χ0v) is 55.5. The van der Waals surface area contributed by atoms with Gasteiger partial charge in [-0.2, -0.15) is 34.1 Å². The molecule has 0 fully saturated rings. The van der Waals surface area contributed by atoms with Gasteiger partial charge in [-0.15, -0.1) is 0 Å². The summed E-state index contributed by atoms with van der Waals surface area (Å²) in [5, 5.41) is 18.7. The topological polar surface area (TPSA) is 198 Å². The van der Waals surface area contributed by atoms with Crippen molar-refractivity contribution < 1.29 is 31.4 Å². The van der Waals surface area contributed by atoms with Crippen LogP contribution in [0.3, 0.4) is 0 Å². The van der Waals surface area contributed by atoms with E-state index in [1.165, 1.54) is 92.5 Å². The van der Waals surface area contributed by atoms with Gasteiger partial charge >= 0.3 is 5.89 Å². The van der Waals surface area contributed by atoms with Crippen LogP contribution in [0.25, 0.3) is 144 Å². The number of fused-ring (bicyclic) bond motifs is 35. The second kappa shape index (κ2) is 21.8. The summed E-state index contributed by atoms with van der Waals surface area (Å²) >= 11 is 1.82. The first-order valence-electron chi connectivity index (χ1n) is 35.1. The Morgan fingerprint density at radius 3 is 1.62 bits per heavy atom. The molecule has 5 aliphatic heterocycles. The fraction of sp³-hybridized carbons (Fsp3) is 0.0897. The highest BCUT2D eigenvalue weighted by molar-refractivity contribution is 7.21. The average Bonchev–Trinajstić information content (AvgIpc) is 1.58. The van der Waals surface area contributed by atoms with Gasteiger partial charge < -0.3 is 8.82 Å². The average molecular weight is 1370 g/mol. The molecule has 0 amide bonds. The molecule has 103 heavy (non-hydrogen) atoms. The maximum atomic E-state index is 8.03. The molecule has 25 heteroatoms. The molecule has 0 spiro atoms. The van der Waals surface area contributed by atoms with E-state index in [1.54, 1.807) is 29.3 Å². The third-order valence-electron chi connectivity index (χ3n) is 20.5. The molecule has 21 aromatic rings. The number of para-hydroxylation sites is 1. The summed E-state index contributed by atoms with van der Waals surface area (Å²) in [7, 11) is 2.11. The molecule has 24 nitrogen and oxygen atoms in total. The summed E-state index contributed by atoms with van der Waals surface area (Å²) in [5.74, 6) is 3.99. The molecule has 20 aromatic heterocycles.